The van der Waals surface area contributed by atoms with Crippen molar-refractivity contribution in [3.8, 4) is 0 Å². The molecule has 2 atom stereocenters. The number of rotatable bonds is 0. The Morgan fingerprint density at radius 2 is 2.15 bits per heavy atom. The molecule has 1 unspecified atom stereocenters. The highest BCUT2D eigenvalue weighted by Gasteiger charge is 2.30. The van der Waals surface area contributed by atoms with Crippen molar-refractivity contribution in [2.75, 3.05) is 19.6 Å². The van der Waals surface area contributed by atoms with E-state index >= 15 is 0 Å². The van der Waals surface area contributed by atoms with E-state index in [-0.39, 0.29) is 17.7 Å². The van der Waals surface area contributed by atoms with Crippen LogP contribution in [0, 0.1) is 0 Å². The lowest BCUT2D eigenvalue weighted by molar-refractivity contribution is -0.133. The van der Waals surface area contributed by atoms with E-state index in [2.05, 4.69) is 10.2 Å². The molecule has 4 heteroatoms. The number of fused-ring (bicyclic) bond motifs is 2. The molecule has 0 saturated carbocycles. The van der Waals surface area contributed by atoms with Crippen LogP contribution in [0.3, 0.4) is 0 Å². The lowest BCUT2D eigenvalue weighted by Gasteiger charge is -2.33. The zero-order chi connectivity index (χ0) is 9.26. The van der Waals surface area contributed by atoms with Gasteiger partial charge in [-0.3, -0.25) is 14.5 Å². The summed E-state index contributed by atoms with van der Waals surface area (Å²) in [5.74, 6) is 0.184. The minimum Gasteiger partial charge on any atom is -0.344 e. The highest BCUT2D eigenvalue weighted by Crippen LogP contribution is 2.11. The Morgan fingerprint density at radius 1 is 1.31 bits per heavy atom. The third-order valence-corrected chi connectivity index (χ3v) is 2.68. The fraction of sp³-hybridized carbons (Fsp3) is 0.778. The first-order valence-electron chi connectivity index (χ1n) is 4.80. The van der Waals surface area contributed by atoms with E-state index in [1.54, 1.807) is 0 Å². The van der Waals surface area contributed by atoms with E-state index in [9.17, 15) is 9.59 Å². The number of nitrogens with zero attached hydrogens (tertiary/aromatic N) is 1. The van der Waals surface area contributed by atoms with Gasteiger partial charge in [-0.25, -0.2) is 0 Å². The SMILES string of the molecule is O=C1CN2CCCCC(=O)[C@@H](C2)N1. The molecule has 2 fully saturated rings. The maximum absolute atomic E-state index is 11.5. The average molecular weight is 182 g/mol. The van der Waals surface area contributed by atoms with Gasteiger partial charge in [-0.05, 0) is 19.4 Å². The monoisotopic (exact) mass is 182 g/mol. The van der Waals surface area contributed by atoms with Crippen molar-refractivity contribution >= 4 is 11.7 Å². The Hall–Kier alpha value is -0.900. The van der Waals surface area contributed by atoms with Crippen LogP contribution in [0.4, 0.5) is 0 Å². The first kappa shape index (κ1) is 8.69. The van der Waals surface area contributed by atoms with Gasteiger partial charge < -0.3 is 5.32 Å². The summed E-state index contributed by atoms with van der Waals surface area (Å²) in [6.45, 7) is 2.13. The lowest BCUT2D eigenvalue weighted by Crippen LogP contribution is -2.57. The van der Waals surface area contributed by atoms with Crippen LogP contribution >= 0.6 is 0 Å². The van der Waals surface area contributed by atoms with Gasteiger partial charge in [0.05, 0.1) is 6.54 Å². The topological polar surface area (TPSA) is 49.4 Å². The third-order valence-electron chi connectivity index (χ3n) is 2.68. The van der Waals surface area contributed by atoms with Crippen molar-refractivity contribution in [3.05, 3.63) is 0 Å². The first-order chi connectivity index (χ1) is 6.25. The number of ketones is 1. The summed E-state index contributed by atoms with van der Waals surface area (Å²) >= 11 is 0. The quantitative estimate of drug-likeness (QED) is 0.551. The summed E-state index contributed by atoms with van der Waals surface area (Å²) in [6.07, 6.45) is 2.62. The molecular formula is C9H14N2O2. The zero-order valence-electron chi connectivity index (χ0n) is 7.58. The smallest absolute Gasteiger partial charge is 0.234 e. The number of nitrogens with one attached hydrogen (secondary N) is 1. The van der Waals surface area contributed by atoms with Crippen molar-refractivity contribution in [2.24, 2.45) is 0 Å². The zero-order valence-corrected chi connectivity index (χ0v) is 7.58. The summed E-state index contributed by atoms with van der Waals surface area (Å²) in [4.78, 5) is 24.7. The van der Waals surface area contributed by atoms with E-state index < -0.39 is 0 Å². The molecule has 1 amide bonds. The van der Waals surface area contributed by atoms with Crippen molar-refractivity contribution in [1.29, 1.82) is 0 Å². The normalized spacial score (nSPS) is 34.8. The van der Waals surface area contributed by atoms with Crippen LogP contribution < -0.4 is 5.32 Å². The van der Waals surface area contributed by atoms with E-state index in [4.69, 9.17) is 0 Å². The molecule has 2 bridgehead atoms. The van der Waals surface area contributed by atoms with Crippen LogP contribution in [0.5, 0.6) is 0 Å². The maximum Gasteiger partial charge on any atom is 0.234 e. The largest absolute Gasteiger partial charge is 0.344 e. The van der Waals surface area contributed by atoms with E-state index in [0.29, 0.717) is 19.5 Å². The number of carbonyl (C=O) groups is 2. The molecule has 2 heterocycles. The van der Waals surface area contributed by atoms with Crippen LogP contribution in [0.25, 0.3) is 0 Å². The molecule has 2 aliphatic heterocycles. The molecule has 72 valence electrons. The van der Waals surface area contributed by atoms with Crippen molar-refractivity contribution in [3.63, 3.8) is 0 Å². The molecular weight excluding hydrogens is 168 g/mol. The summed E-state index contributed by atoms with van der Waals surface area (Å²) in [6, 6.07) is -0.235. The molecule has 1 N–H and O–H groups in total. The lowest BCUT2D eigenvalue weighted by atomic mass is 10.0. The standard InChI is InChI=1S/C9H14N2O2/c12-8-3-1-2-4-11-5-7(8)10-9(13)6-11/h7H,1-6H2,(H,10,13)/t7-/m1/s1. The van der Waals surface area contributed by atoms with E-state index in [0.717, 1.165) is 19.4 Å². The molecule has 0 aromatic carbocycles. The fourth-order valence-corrected chi connectivity index (χ4v) is 1.97. The number of Topliss-reactive ketones (excluding diaryl/α,β-unsaturated/α-hetero) is 1. The van der Waals surface area contributed by atoms with Gasteiger partial charge in [-0.1, -0.05) is 0 Å². The fourth-order valence-electron chi connectivity index (χ4n) is 1.97. The van der Waals surface area contributed by atoms with Crippen LogP contribution in [-0.2, 0) is 9.59 Å². The molecule has 4 nitrogen and oxygen atoms in total. The Kier molecular flexibility index (Phi) is 2.31. The third kappa shape index (κ3) is 1.88. The number of hydrogen-bond donors (Lipinski definition) is 1. The molecule has 2 aliphatic rings. The second-order valence-electron chi connectivity index (χ2n) is 3.78. The van der Waals surface area contributed by atoms with Crippen molar-refractivity contribution in [2.45, 2.75) is 25.3 Å². The molecule has 0 radical (unpaired) electrons. The van der Waals surface area contributed by atoms with Gasteiger partial charge in [0.2, 0.25) is 5.91 Å². The van der Waals surface area contributed by atoms with Gasteiger partial charge >= 0.3 is 0 Å². The molecule has 2 saturated heterocycles. The number of carbonyl (C=O) groups excluding carboxylic acids is 2. The second kappa shape index (κ2) is 3.46. The second-order valence-corrected chi connectivity index (χ2v) is 3.78. The van der Waals surface area contributed by atoms with Crippen LogP contribution in [0.1, 0.15) is 19.3 Å². The molecule has 0 aromatic rings. The minimum atomic E-state index is -0.235. The average Bonchev–Trinajstić information content (AvgIpc) is 2.09. The molecule has 0 aliphatic carbocycles. The van der Waals surface area contributed by atoms with Crippen molar-refractivity contribution < 1.29 is 9.59 Å². The van der Waals surface area contributed by atoms with E-state index in [1.807, 2.05) is 0 Å². The van der Waals surface area contributed by atoms with Gasteiger partial charge in [-0.15, -0.1) is 0 Å². The predicted octanol–water partition coefficient (Wildman–Crippen LogP) is -0.460. The predicted molar refractivity (Wildman–Crippen MR) is 47.2 cm³/mol. The van der Waals surface area contributed by atoms with Gasteiger partial charge in [-0.2, -0.15) is 0 Å². The highest BCUT2D eigenvalue weighted by atomic mass is 16.2. The molecule has 0 aromatic heterocycles. The number of hydrogen-bond acceptors (Lipinski definition) is 3. The van der Waals surface area contributed by atoms with Crippen LogP contribution in [0.15, 0.2) is 0 Å². The molecule has 13 heavy (non-hydrogen) atoms. The molecule has 2 rings (SSSR count). The van der Waals surface area contributed by atoms with E-state index in [1.165, 1.54) is 0 Å². The summed E-state index contributed by atoms with van der Waals surface area (Å²) in [5, 5.41) is 2.74. The van der Waals surface area contributed by atoms with Crippen LogP contribution in [-0.4, -0.2) is 42.3 Å². The Bertz CT molecular complexity index is 240. The minimum absolute atomic E-state index is 0.00787. The van der Waals surface area contributed by atoms with Gasteiger partial charge in [0.15, 0.2) is 5.78 Å². The Labute approximate surface area is 77.3 Å². The van der Waals surface area contributed by atoms with Gasteiger partial charge in [0.25, 0.3) is 0 Å². The Morgan fingerprint density at radius 3 is 3.00 bits per heavy atom. The first-order valence-corrected chi connectivity index (χ1v) is 4.80. The van der Waals surface area contributed by atoms with Crippen LogP contribution in [0.2, 0.25) is 0 Å². The number of amides is 1. The summed E-state index contributed by atoms with van der Waals surface area (Å²) in [7, 11) is 0. The van der Waals surface area contributed by atoms with Gasteiger partial charge in [0.1, 0.15) is 6.04 Å². The molecule has 0 spiro atoms. The summed E-state index contributed by atoms with van der Waals surface area (Å²) in [5.41, 5.74) is 0. The van der Waals surface area contributed by atoms with Gasteiger partial charge in [0, 0.05) is 13.0 Å². The number of piperazine rings is 1. The van der Waals surface area contributed by atoms with Crippen molar-refractivity contribution in [1.82, 2.24) is 10.2 Å². The summed E-state index contributed by atoms with van der Waals surface area (Å²) < 4.78 is 0. The maximum atomic E-state index is 11.5. The Balaban J connectivity index is 2.09. The highest BCUT2D eigenvalue weighted by molar-refractivity contribution is 5.91.